The number of carbonyl (C=O) groups is 2. The summed E-state index contributed by atoms with van der Waals surface area (Å²) < 4.78 is 0. The number of ketones is 1. The minimum Gasteiger partial charge on any atom is -0.338 e. The van der Waals surface area contributed by atoms with Crippen molar-refractivity contribution in [2.24, 2.45) is 0 Å². The smallest absolute Gasteiger partial charge is 0.230 e. The van der Waals surface area contributed by atoms with E-state index in [9.17, 15) is 9.59 Å². The molecule has 0 N–H and O–H groups in total. The van der Waals surface area contributed by atoms with Gasteiger partial charge < -0.3 is 4.90 Å². The van der Waals surface area contributed by atoms with Gasteiger partial charge in [0.2, 0.25) is 5.91 Å². The molecule has 1 aliphatic rings. The van der Waals surface area contributed by atoms with Crippen molar-refractivity contribution in [3.05, 3.63) is 0 Å². The Morgan fingerprint density at radius 2 is 2.31 bits per heavy atom. The van der Waals surface area contributed by atoms with Gasteiger partial charge in [0.05, 0.1) is 6.42 Å². The highest BCUT2D eigenvalue weighted by Gasteiger charge is 2.26. The van der Waals surface area contributed by atoms with Gasteiger partial charge in [-0.15, -0.1) is 12.3 Å². The van der Waals surface area contributed by atoms with E-state index in [0.29, 0.717) is 19.4 Å². The summed E-state index contributed by atoms with van der Waals surface area (Å²) in [7, 11) is 0. The topological polar surface area (TPSA) is 37.4 Å². The Balaban J connectivity index is 2.56. The quantitative estimate of drug-likeness (QED) is 0.459. The Morgan fingerprint density at radius 1 is 1.62 bits per heavy atom. The van der Waals surface area contributed by atoms with Crippen molar-refractivity contribution in [2.75, 3.05) is 6.54 Å². The van der Waals surface area contributed by atoms with E-state index in [1.807, 2.05) is 6.92 Å². The van der Waals surface area contributed by atoms with E-state index in [1.165, 1.54) is 0 Å². The molecule has 0 aromatic rings. The molecule has 1 unspecified atom stereocenters. The highest BCUT2D eigenvalue weighted by Crippen LogP contribution is 2.12. The van der Waals surface area contributed by atoms with E-state index in [2.05, 4.69) is 5.92 Å². The largest absolute Gasteiger partial charge is 0.338 e. The van der Waals surface area contributed by atoms with Gasteiger partial charge in [0.25, 0.3) is 0 Å². The summed E-state index contributed by atoms with van der Waals surface area (Å²) in [5, 5.41) is 0. The molecule has 1 rings (SSSR count). The van der Waals surface area contributed by atoms with Crippen molar-refractivity contribution in [3.63, 3.8) is 0 Å². The van der Waals surface area contributed by atoms with Crippen LogP contribution in [0.4, 0.5) is 0 Å². The second-order valence-corrected chi connectivity index (χ2v) is 3.31. The van der Waals surface area contributed by atoms with Gasteiger partial charge in [-0.25, -0.2) is 0 Å². The Morgan fingerprint density at radius 3 is 2.85 bits per heavy atom. The third kappa shape index (κ3) is 2.32. The van der Waals surface area contributed by atoms with Crippen LogP contribution in [0.1, 0.15) is 26.2 Å². The number of likely N-dealkylation sites (tertiary alicyclic amines) is 1. The Labute approximate surface area is 78.1 Å². The first-order valence-electron chi connectivity index (χ1n) is 4.39. The normalized spacial score (nSPS) is 19.8. The summed E-state index contributed by atoms with van der Waals surface area (Å²) in [6.07, 6.45) is 6.23. The lowest BCUT2D eigenvalue weighted by Crippen LogP contribution is -2.44. The second kappa shape index (κ2) is 4.08. The van der Waals surface area contributed by atoms with Crippen LogP contribution in [-0.4, -0.2) is 29.2 Å². The highest BCUT2D eigenvalue weighted by atomic mass is 16.2. The average molecular weight is 179 g/mol. The predicted molar refractivity (Wildman–Crippen MR) is 48.9 cm³/mol. The molecule has 0 radical (unpaired) electrons. The number of Topliss-reactive ketones (excluding diaryl/α,β-unsaturated/α-hetero) is 1. The fourth-order valence-corrected chi connectivity index (χ4v) is 1.48. The van der Waals surface area contributed by atoms with E-state index < -0.39 is 0 Å². The minimum atomic E-state index is -0.0843. The molecule has 3 nitrogen and oxygen atoms in total. The van der Waals surface area contributed by atoms with Crippen LogP contribution in [0.25, 0.3) is 0 Å². The molecule has 0 spiro atoms. The van der Waals surface area contributed by atoms with Gasteiger partial charge >= 0.3 is 0 Å². The number of nitrogens with zero attached hydrogens (tertiary/aromatic N) is 1. The molecule has 0 aliphatic carbocycles. The second-order valence-electron chi connectivity index (χ2n) is 3.31. The first-order valence-corrected chi connectivity index (χ1v) is 4.39. The minimum absolute atomic E-state index is 0.0363. The third-order valence-electron chi connectivity index (χ3n) is 2.25. The molecule has 1 amide bonds. The van der Waals surface area contributed by atoms with E-state index in [4.69, 9.17) is 6.42 Å². The zero-order chi connectivity index (χ0) is 9.84. The number of hydrogen-bond acceptors (Lipinski definition) is 2. The summed E-state index contributed by atoms with van der Waals surface area (Å²) in [6, 6.07) is 0.0607. The van der Waals surface area contributed by atoms with Crippen LogP contribution in [0.15, 0.2) is 0 Å². The van der Waals surface area contributed by atoms with Crippen molar-refractivity contribution < 1.29 is 9.59 Å². The Hall–Kier alpha value is -1.30. The molecule has 70 valence electrons. The summed E-state index contributed by atoms with van der Waals surface area (Å²) in [6.45, 7) is 2.44. The molecule has 13 heavy (non-hydrogen) atoms. The molecule has 1 saturated heterocycles. The first kappa shape index (κ1) is 9.79. The van der Waals surface area contributed by atoms with Crippen LogP contribution in [0, 0.1) is 12.3 Å². The summed E-state index contributed by atoms with van der Waals surface area (Å²) in [5.74, 6) is 2.47. The van der Waals surface area contributed by atoms with Crippen LogP contribution in [0.2, 0.25) is 0 Å². The lowest BCUT2D eigenvalue weighted by molar-refractivity contribution is -0.141. The number of rotatable bonds is 2. The van der Waals surface area contributed by atoms with E-state index in [0.717, 1.165) is 0 Å². The third-order valence-corrected chi connectivity index (χ3v) is 2.25. The Kier molecular flexibility index (Phi) is 3.07. The van der Waals surface area contributed by atoms with Crippen LogP contribution < -0.4 is 0 Å². The van der Waals surface area contributed by atoms with Gasteiger partial charge in [-0.1, -0.05) is 0 Å². The molecular weight excluding hydrogens is 166 g/mol. The Bertz CT molecular complexity index is 265. The molecular formula is C10H13NO2. The van der Waals surface area contributed by atoms with Gasteiger partial charge in [0.1, 0.15) is 5.78 Å². The van der Waals surface area contributed by atoms with Crippen LogP contribution in [-0.2, 0) is 9.59 Å². The fourth-order valence-electron chi connectivity index (χ4n) is 1.48. The standard InChI is InChI=1S/C10H13NO2/c1-3-4-8(2)11-6-5-9(12)7-10(11)13/h1,8H,4-7H2,2H3. The maximum atomic E-state index is 11.4. The van der Waals surface area contributed by atoms with Crippen molar-refractivity contribution in [3.8, 4) is 12.3 Å². The van der Waals surface area contributed by atoms with E-state index in [-0.39, 0.29) is 24.2 Å². The van der Waals surface area contributed by atoms with Crippen molar-refractivity contribution >= 4 is 11.7 Å². The summed E-state index contributed by atoms with van der Waals surface area (Å²) >= 11 is 0. The molecule has 1 atom stereocenters. The van der Waals surface area contributed by atoms with Crippen LogP contribution >= 0.6 is 0 Å². The molecule has 1 heterocycles. The number of piperidine rings is 1. The molecule has 0 aromatic heterocycles. The zero-order valence-electron chi connectivity index (χ0n) is 7.75. The van der Waals surface area contributed by atoms with Gasteiger partial charge in [0.15, 0.2) is 0 Å². The summed E-state index contributed by atoms with van der Waals surface area (Å²) in [5.41, 5.74) is 0. The number of hydrogen-bond donors (Lipinski definition) is 0. The molecule has 0 bridgehead atoms. The zero-order valence-corrected chi connectivity index (χ0v) is 7.75. The first-order chi connectivity index (χ1) is 6.15. The molecule has 0 aromatic carbocycles. The van der Waals surface area contributed by atoms with E-state index >= 15 is 0 Å². The van der Waals surface area contributed by atoms with Crippen LogP contribution in [0.5, 0.6) is 0 Å². The maximum absolute atomic E-state index is 11.4. The lowest BCUT2D eigenvalue weighted by atomic mass is 10.1. The van der Waals surface area contributed by atoms with Gasteiger partial charge in [-0.05, 0) is 6.92 Å². The molecule has 1 aliphatic heterocycles. The molecule has 3 heteroatoms. The predicted octanol–water partition coefficient (Wildman–Crippen LogP) is 0.590. The monoisotopic (exact) mass is 179 g/mol. The van der Waals surface area contributed by atoms with Gasteiger partial charge in [0, 0.05) is 25.4 Å². The van der Waals surface area contributed by atoms with Gasteiger partial charge in [-0.2, -0.15) is 0 Å². The van der Waals surface area contributed by atoms with Crippen LogP contribution in [0.3, 0.4) is 0 Å². The van der Waals surface area contributed by atoms with Gasteiger partial charge in [-0.3, -0.25) is 9.59 Å². The molecule has 1 fully saturated rings. The maximum Gasteiger partial charge on any atom is 0.230 e. The number of amides is 1. The fraction of sp³-hybridized carbons (Fsp3) is 0.600. The molecule has 0 saturated carbocycles. The van der Waals surface area contributed by atoms with Crippen molar-refractivity contribution in [1.29, 1.82) is 0 Å². The summed E-state index contributed by atoms with van der Waals surface area (Å²) in [4.78, 5) is 24.0. The highest BCUT2D eigenvalue weighted by molar-refractivity contribution is 6.00. The average Bonchev–Trinajstić information content (AvgIpc) is 2.04. The number of terminal acetylenes is 1. The van der Waals surface area contributed by atoms with Crippen molar-refractivity contribution in [1.82, 2.24) is 4.90 Å². The van der Waals surface area contributed by atoms with Crippen molar-refractivity contribution in [2.45, 2.75) is 32.2 Å². The number of carbonyl (C=O) groups excluding carboxylic acids is 2. The SMILES string of the molecule is C#CCC(C)N1CCC(=O)CC1=O. The lowest BCUT2D eigenvalue weighted by Gasteiger charge is -2.30. The van der Waals surface area contributed by atoms with E-state index in [1.54, 1.807) is 4.90 Å².